The van der Waals surface area contributed by atoms with Crippen molar-refractivity contribution >= 4 is 11.2 Å². The molecule has 0 spiro atoms. The third kappa shape index (κ3) is 3.35. The molecule has 25 heavy (non-hydrogen) atoms. The van der Waals surface area contributed by atoms with Gasteiger partial charge in [-0.25, -0.2) is 15.0 Å². The average molecular weight is 330 g/mol. The van der Waals surface area contributed by atoms with E-state index >= 15 is 0 Å². The van der Waals surface area contributed by atoms with Gasteiger partial charge in [-0.3, -0.25) is 0 Å². The van der Waals surface area contributed by atoms with E-state index in [1.807, 2.05) is 25.1 Å². The minimum absolute atomic E-state index is 0.681. The van der Waals surface area contributed by atoms with Gasteiger partial charge < -0.3 is 4.84 Å². The van der Waals surface area contributed by atoms with Crippen molar-refractivity contribution in [1.29, 1.82) is 0 Å². The fourth-order valence-electron chi connectivity index (χ4n) is 2.67. The molecule has 2 heterocycles. The van der Waals surface area contributed by atoms with Crippen LogP contribution in [0.15, 0.2) is 67.1 Å². The highest BCUT2D eigenvalue weighted by Crippen LogP contribution is 2.17. The Bertz CT molecular complexity index is 978. The molecule has 2 aromatic carbocycles. The van der Waals surface area contributed by atoms with E-state index in [4.69, 9.17) is 4.84 Å². The van der Waals surface area contributed by atoms with Gasteiger partial charge in [0.05, 0.1) is 6.20 Å². The Morgan fingerprint density at radius 1 is 0.920 bits per heavy atom. The van der Waals surface area contributed by atoms with Crippen LogP contribution in [-0.2, 0) is 12.8 Å². The molecule has 0 aliphatic rings. The van der Waals surface area contributed by atoms with Gasteiger partial charge in [0.15, 0.2) is 11.4 Å². The predicted molar refractivity (Wildman–Crippen MR) is 96.4 cm³/mol. The lowest BCUT2D eigenvalue weighted by Crippen LogP contribution is -2.05. The zero-order chi connectivity index (χ0) is 17.1. The molecule has 5 nitrogen and oxygen atoms in total. The molecule has 2 aromatic heterocycles. The van der Waals surface area contributed by atoms with Crippen LogP contribution in [0.4, 0.5) is 0 Å². The highest BCUT2D eigenvalue weighted by molar-refractivity contribution is 5.68. The number of aryl methyl sites for hydroxylation is 1. The first kappa shape index (κ1) is 15.3. The minimum Gasteiger partial charge on any atom is -0.372 e. The maximum atomic E-state index is 5.90. The Kier molecular flexibility index (Phi) is 4.12. The van der Waals surface area contributed by atoms with Gasteiger partial charge in [0.2, 0.25) is 0 Å². The van der Waals surface area contributed by atoms with Crippen LogP contribution in [0, 0.1) is 0 Å². The first-order chi connectivity index (χ1) is 12.3. The van der Waals surface area contributed by atoms with Crippen molar-refractivity contribution in [3.63, 3.8) is 0 Å². The number of nitrogens with zero attached hydrogens (tertiary/aromatic N) is 4. The summed E-state index contributed by atoms with van der Waals surface area (Å²) in [5.41, 5.74) is 3.93. The molecular formula is C20H18N4O. The van der Waals surface area contributed by atoms with Crippen LogP contribution in [0.3, 0.4) is 0 Å². The molecule has 0 N–H and O–H groups in total. The van der Waals surface area contributed by atoms with E-state index in [-0.39, 0.29) is 0 Å². The van der Waals surface area contributed by atoms with Crippen molar-refractivity contribution in [2.24, 2.45) is 0 Å². The molecule has 0 fully saturated rings. The standard InChI is InChI=1S/C20H18N4O/c1-2-19-21-13-18-20(23-19)24(14-22-18)25-17-10-8-16(9-11-17)12-15-6-4-3-5-7-15/h3-11,13-14H,2,12H2,1H3. The molecule has 0 amide bonds. The normalized spacial score (nSPS) is 10.9. The third-order valence-corrected chi connectivity index (χ3v) is 4.00. The Hall–Kier alpha value is -3.21. The maximum Gasteiger partial charge on any atom is 0.199 e. The monoisotopic (exact) mass is 330 g/mol. The second-order valence-electron chi connectivity index (χ2n) is 5.82. The second kappa shape index (κ2) is 6.73. The van der Waals surface area contributed by atoms with Crippen LogP contribution in [0.25, 0.3) is 11.2 Å². The molecule has 0 bridgehead atoms. The maximum absolute atomic E-state index is 5.90. The summed E-state index contributed by atoms with van der Waals surface area (Å²) < 4.78 is 1.59. The number of imidazole rings is 1. The third-order valence-electron chi connectivity index (χ3n) is 4.00. The number of rotatable bonds is 5. The van der Waals surface area contributed by atoms with E-state index in [0.29, 0.717) is 5.65 Å². The zero-order valence-electron chi connectivity index (χ0n) is 14.0. The van der Waals surface area contributed by atoms with E-state index in [2.05, 4.69) is 51.4 Å². The number of hydrogen-bond acceptors (Lipinski definition) is 4. The van der Waals surface area contributed by atoms with Gasteiger partial charge in [0.1, 0.15) is 17.7 Å². The van der Waals surface area contributed by atoms with Gasteiger partial charge in [-0.05, 0) is 29.7 Å². The molecule has 0 aliphatic heterocycles. The lowest BCUT2D eigenvalue weighted by Gasteiger charge is -2.08. The Morgan fingerprint density at radius 2 is 1.68 bits per heavy atom. The fourth-order valence-corrected chi connectivity index (χ4v) is 2.67. The molecule has 0 radical (unpaired) electrons. The summed E-state index contributed by atoms with van der Waals surface area (Å²) in [6.45, 7) is 2.02. The van der Waals surface area contributed by atoms with Crippen LogP contribution in [0.1, 0.15) is 23.9 Å². The molecule has 0 unspecified atom stereocenters. The lowest BCUT2D eigenvalue weighted by atomic mass is 10.1. The van der Waals surface area contributed by atoms with E-state index in [1.54, 1.807) is 17.3 Å². The van der Waals surface area contributed by atoms with E-state index in [9.17, 15) is 0 Å². The SMILES string of the molecule is CCc1ncc2ncn(Oc3ccc(Cc4ccccc4)cc3)c2n1. The van der Waals surface area contributed by atoms with Crippen LogP contribution >= 0.6 is 0 Å². The molecule has 124 valence electrons. The Morgan fingerprint density at radius 3 is 2.44 bits per heavy atom. The summed E-state index contributed by atoms with van der Waals surface area (Å²) in [6.07, 6.45) is 5.03. The largest absolute Gasteiger partial charge is 0.372 e. The quantitative estimate of drug-likeness (QED) is 0.558. The summed E-state index contributed by atoms with van der Waals surface area (Å²) in [5, 5.41) is 0. The summed E-state index contributed by atoms with van der Waals surface area (Å²) in [4.78, 5) is 18.9. The average Bonchev–Trinajstić information content (AvgIpc) is 3.06. The van der Waals surface area contributed by atoms with Crippen LogP contribution in [0.2, 0.25) is 0 Å². The molecule has 0 atom stereocenters. The summed E-state index contributed by atoms with van der Waals surface area (Å²) in [5.74, 6) is 1.52. The van der Waals surface area contributed by atoms with Gasteiger partial charge in [-0.1, -0.05) is 49.4 Å². The van der Waals surface area contributed by atoms with Crippen molar-refractivity contribution in [3.05, 3.63) is 84.1 Å². The molecular weight excluding hydrogens is 312 g/mol. The molecule has 0 aliphatic carbocycles. The lowest BCUT2D eigenvalue weighted by molar-refractivity contribution is 0.225. The Labute approximate surface area is 145 Å². The van der Waals surface area contributed by atoms with Crippen molar-refractivity contribution in [3.8, 4) is 5.75 Å². The van der Waals surface area contributed by atoms with E-state index < -0.39 is 0 Å². The van der Waals surface area contributed by atoms with Gasteiger partial charge in [0.25, 0.3) is 0 Å². The second-order valence-corrected chi connectivity index (χ2v) is 5.82. The van der Waals surface area contributed by atoms with Crippen molar-refractivity contribution < 1.29 is 4.84 Å². The summed E-state index contributed by atoms with van der Waals surface area (Å²) in [6, 6.07) is 18.5. The number of hydrogen-bond donors (Lipinski definition) is 0. The van der Waals surface area contributed by atoms with Gasteiger partial charge in [0, 0.05) is 6.42 Å². The summed E-state index contributed by atoms with van der Waals surface area (Å²) in [7, 11) is 0. The topological polar surface area (TPSA) is 52.8 Å². The smallest absolute Gasteiger partial charge is 0.199 e. The molecule has 0 saturated heterocycles. The highest BCUT2D eigenvalue weighted by atomic mass is 16.7. The number of benzene rings is 2. The highest BCUT2D eigenvalue weighted by Gasteiger charge is 2.08. The first-order valence-corrected chi connectivity index (χ1v) is 8.32. The molecule has 4 rings (SSSR count). The van der Waals surface area contributed by atoms with E-state index in [0.717, 1.165) is 29.9 Å². The number of aromatic nitrogens is 4. The zero-order valence-corrected chi connectivity index (χ0v) is 14.0. The van der Waals surface area contributed by atoms with E-state index in [1.165, 1.54) is 11.1 Å². The Balaban J connectivity index is 1.53. The van der Waals surface area contributed by atoms with Crippen molar-refractivity contribution in [2.75, 3.05) is 0 Å². The molecule has 4 aromatic rings. The van der Waals surface area contributed by atoms with Gasteiger partial charge in [-0.15, -0.1) is 4.73 Å². The van der Waals surface area contributed by atoms with Crippen LogP contribution in [0.5, 0.6) is 5.75 Å². The fraction of sp³-hybridized carbons (Fsp3) is 0.150. The molecule has 0 saturated carbocycles. The first-order valence-electron chi connectivity index (χ1n) is 8.32. The van der Waals surface area contributed by atoms with Crippen LogP contribution in [-0.4, -0.2) is 19.7 Å². The number of fused-ring (bicyclic) bond motifs is 1. The van der Waals surface area contributed by atoms with Crippen LogP contribution < -0.4 is 4.84 Å². The molecule has 5 heteroatoms. The summed E-state index contributed by atoms with van der Waals surface area (Å²) >= 11 is 0. The van der Waals surface area contributed by atoms with Gasteiger partial charge in [-0.2, -0.15) is 0 Å². The van der Waals surface area contributed by atoms with Crippen molar-refractivity contribution in [1.82, 2.24) is 19.7 Å². The van der Waals surface area contributed by atoms with Gasteiger partial charge >= 0.3 is 0 Å². The predicted octanol–water partition coefficient (Wildman–Crippen LogP) is 3.82. The van der Waals surface area contributed by atoms with Crippen molar-refractivity contribution in [2.45, 2.75) is 19.8 Å². The minimum atomic E-state index is 0.681.